The number of ether oxygens (including phenoxy) is 6. The second kappa shape index (κ2) is 8.30. The molecule has 5 fully saturated rings. The number of hydrogen-bond acceptors (Lipinski definition) is 8. The van der Waals surface area contributed by atoms with Crippen molar-refractivity contribution in [3.8, 4) is 0 Å². The van der Waals surface area contributed by atoms with Crippen molar-refractivity contribution in [1.29, 1.82) is 0 Å². The predicted molar refractivity (Wildman–Crippen MR) is 105 cm³/mol. The fraction of sp³-hybridized carbons (Fsp3) is 0.955. The topological polar surface area (TPSA) is 98.5 Å². The Balaban J connectivity index is 1.48. The van der Waals surface area contributed by atoms with Crippen molar-refractivity contribution in [2.45, 2.75) is 62.2 Å². The molecule has 3 aliphatic carbocycles. The molecule has 0 amide bonds. The molecule has 3 saturated carbocycles. The number of nitrogens with two attached hydrogens (primary N) is 1. The molecule has 0 aromatic rings. The van der Waals surface area contributed by atoms with Gasteiger partial charge in [-0.2, -0.15) is 0 Å². The zero-order chi connectivity index (χ0) is 21.0. The van der Waals surface area contributed by atoms with Crippen LogP contribution >= 0.6 is 0 Å². The molecule has 0 bridgehead atoms. The van der Waals surface area contributed by atoms with E-state index in [0.717, 1.165) is 25.7 Å². The molecule has 0 spiro atoms. The second-order valence-corrected chi connectivity index (χ2v) is 9.78. The van der Waals surface area contributed by atoms with Crippen LogP contribution in [0, 0.1) is 35.5 Å². The first-order valence-corrected chi connectivity index (χ1v) is 11.3. The van der Waals surface area contributed by atoms with E-state index in [2.05, 4.69) is 0 Å². The molecule has 5 aliphatic rings. The lowest BCUT2D eigenvalue weighted by Crippen LogP contribution is -2.60. The monoisotopic (exact) mass is 425 g/mol. The lowest BCUT2D eigenvalue weighted by molar-refractivity contribution is -0.167. The van der Waals surface area contributed by atoms with Gasteiger partial charge in [0.25, 0.3) is 0 Å². The fourth-order valence-corrected chi connectivity index (χ4v) is 7.49. The Morgan fingerprint density at radius 2 is 1.50 bits per heavy atom. The summed E-state index contributed by atoms with van der Waals surface area (Å²) in [5.41, 5.74) is 6.76. The Hall–Kier alpha value is -0.770. The minimum Gasteiger partial charge on any atom is -0.465 e. The third-order valence-electron chi connectivity index (χ3n) is 8.81. The summed E-state index contributed by atoms with van der Waals surface area (Å²) in [7, 11) is 5.17. The van der Waals surface area contributed by atoms with E-state index >= 15 is 0 Å². The largest absolute Gasteiger partial charge is 0.465 e. The van der Waals surface area contributed by atoms with Gasteiger partial charge in [-0.25, -0.2) is 0 Å². The summed E-state index contributed by atoms with van der Waals surface area (Å²) >= 11 is 0. The van der Waals surface area contributed by atoms with Crippen LogP contribution in [0.1, 0.15) is 25.7 Å². The van der Waals surface area contributed by atoms with Crippen LogP contribution in [-0.4, -0.2) is 77.3 Å². The van der Waals surface area contributed by atoms with Crippen LogP contribution in [-0.2, 0) is 33.2 Å². The minimum absolute atomic E-state index is 0.0420. The van der Waals surface area contributed by atoms with Crippen molar-refractivity contribution in [2.24, 2.45) is 41.2 Å². The number of rotatable bonds is 4. The molecule has 6 unspecified atom stereocenters. The summed E-state index contributed by atoms with van der Waals surface area (Å²) in [6.07, 6.45) is 3.48. The van der Waals surface area contributed by atoms with E-state index in [1.807, 2.05) is 0 Å². The molecule has 8 heteroatoms. The lowest BCUT2D eigenvalue weighted by atomic mass is 9.51. The van der Waals surface area contributed by atoms with Gasteiger partial charge in [0.2, 0.25) is 0 Å². The number of cyclic esters (lactones) is 1. The molecule has 2 N–H and O–H groups in total. The van der Waals surface area contributed by atoms with Crippen LogP contribution < -0.4 is 5.73 Å². The van der Waals surface area contributed by atoms with Crippen molar-refractivity contribution in [1.82, 2.24) is 0 Å². The van der Waals surface area contributed by atoms with Gasteiger partial charge in [0.1, 0.15) is 12.9 Å². The smallest absolute Gasteiger partial charge is 0.309 e. The van der Waals surface area contributed by atoms with E-state index < -0.39 is 0 Å². The van der Waals surface area contributed by atoms with Gasteiger partial charge in [0, 0.05) is 33.3 Å². The highest BCUT2D eigenvalue weighted by Gasteiger charge is 2.61. The van der Waals surface area contributed by atoms with Crippen LogP contribution in [0.25, 0.3) is 0 Å². The van der Waals surface area contributed by atoms with Gasteiger partial charge in [-0.3, -0.25) is 4.79 Å². The molecule has 5 rings (SSSR count). The van der Waals surface area contributed by atoms with E-state index in [4.69, 9.17) is 34.2 Å². The van der Waals surface area contributed by atoms with Gasteiger partial charge in [-0.1, -0.05) is 0 Å². The molecule has 2 aliphatic heterocycles. The first-order valence-electron chi connectivity index (χ1n) is 11.3. The average molecular weight is 426 g/mol. The number of methoxy groups -OCH3 is 3. The zero-order valence-electron chi connectivity index (χ0n) is 18.1. The minimum atomic E-state index is -0.153. The van der Waals surface area contributed by atoms with Gasteiger partial charge in [-0.05, 0) is 49.4 Å². The van der Waals surface area contributed by atoms with Gasteiger partial charge in [0.05, 0.1) is 36.9 Å². The van der Waals surface area contributed by atoms with E-state index in [-0.39, 0.29) is 66.2 Å². The van der Waals surface area contributed by atoms with E-state index in [1.165, 1.54) is 0 Å². The third-order valence-corrected chi connectivity index (χ3v) is 8.81. The number of carbonyl (C=O) groups excluding carboxylic acids is 1. The van der Waals surface area contributed by atoms with Crippen LogP contribution in [0.5, 0.6) is 0 Å². The van der Waals surface area contributed by atoms with Crippen molar-refractivity contribution in [3.05, 3.63) is 0 Å². The van der Waals surface area contributed by atoms with Crippen molar-refractivity contribution < 1.29 is 33.2 Å². The van der Waals surface area contributed by atoms with E-state index in [9.17, 15) is 4.79 Å². The van der Waals surface area contributed by atoms with Gasteiger partial charge in [0.15, 0.2) is 0 Å². The summed E-state index contributed by atoms with van der Waals surface area (Å²) in [4.78, 5) is 12.9. The maximum absolute atomic E-state index is 12.9. The fourth-order valence-electron chi connectivity index (χ4n) is 7.49. The van der Waals surface area contributed by atoms with Crippen molar-refractivity contribution in [3.63, 3.8) is 0 Å². The predicted octanol–water partition coefficient (Wildman–Crippen LogP) is 0.955. The normalized spacial score (nSPS) is 53.0. The van der Waals surface area contributed by atoms with Crippen LogP contribution in [0.4, 0.5) is 0 Å². The zero-order valence-corrected chi connectivity index (χ0v) is 18.1. The molecule has 170 valence electrons. The van der Waals surface area contributed by atoms with E-state index in [0.29, 0.717) is 25.2 Å². The summed E-state index contributed by atoms with van der Waals surface area (Å²) in [5, 5.41) is 0. The number of carbonyl (C=O) groups is 1. The number of fused-ring (bicyclic) bond motifs is 3. The second-order valence-electron chi connectivity index (χ2n) is 9.78. The quantitative estimate of drug-likeness (QED) is 0.665. The van der Waals surface area contributed by atoms with Crippen LogP contribution in [0.2, 0.25) is 0 Å². The summed E-state index contributed by atoms with van der Waals surface area (Å²) < 4.78 is 34.7. The van der Waals surface area contributed by atoms with Crippen molar-refractivity contribution >= 4 is 5.97 Å². The SMILES string of the molecule is COC1CC([C@@H]2C3CC4OCOC4CC3[C@@H](N)[C@H]3COC(=O)[C@H]23)CC(OC)C1OC. The number of esters is 1. The van der Waals surface area contributed by atoms with E-state index in [1.54, 1.807) is 21.3 Å². The molecular weight excluding hydrogens is 390 g/mol. The molecular formula is C22H35NO7. The molecule has 2 heterocycles. The highest BCUT2D eigenvalue weighted by Crippen LogP contribution is 2.56. The molecule has 0 aromatic heterocycles. The molecule has 30 heavy (non-hydrogen) atoms. The Morgan fingerprint density at radius 3 is 2.10 bits per heavy atom. The molecule has 8 nitrogen and oxygen atoms in total. The molecule has 10 atom stereocenters. The number of hydrogen-bond donors (Lipinski definition) is 1. The Labute approximate surface area is 178 Å². The van der Waals surface area contributed by atoms with Crippen LogP contribution in [0.15, 0.2) is 0 Å². The van der Waals surface area contributed by atoms with Gasteiger partial charge >= 0.3 is 5.97 Å². The molecule has 0 radical (unpaired) electrons. The highest BCUT2D eigenvalue weighted by molar-refractivity contribution is 5.75. The Bertz CT molecular complexity index is 633. The van der Waals surface area contributed by atoms with Gasteiger partial charge in [-0.15, -0.1) is 0 Å². The standard InChI is InChI=1S/C22H35NO7/c1-25-16-4-10(5-17(26-2)21(16)27-3)18-11-6-14-15(30-9-29-14)7-12(11)20(23)13-8-28-22(24)19(13)18/h10-21H,4-9,23H2,1-3H3/t10?,11?,12?,13-,14?,15?,16?,17?,18+,19-,20+,21?/m0/s1. The average Bonchev–Trinajstić information content (AvgIpc) is 3.38. The first-order chi connectivity index (χ1) is 14.6. The lowest BCUT2D eigenvalue weighted by Gasteiger charge is -2.55. The summed E-state index contributed by atoms with van der Waals surface area (Å²) in [6.45, 7) is 0.796. The Kier molecular flexibility index (Phi) is 5.83. The molecule has 0 aromatic carbocycles. The maximum atomic E-state index is 12.9. The molecule has 2 saturated heterocycles. The first kappa shape index (κ1) is 21.1. The van der Waals surface area contributed by atoms with Gasteiger partial charge < -0.3 is 34.2 Å². The maximum Gasteiger partial charge on any atom is 0.309 e. The van der Waals surface area contributed by atoms with Crippen molar-refractivity contribution in [2.75, 3.05) is 34.7 Å². The summed E-state index contributed by atoms with van der Waals surface area (Å²) in [6, 6.07) is -0.0420. The summed E-state index contributed by atoms with van der Waals surface area (Å²) in [5.74, 6) is 0.937. The highest BCUT2D eigenvalue weighted by atomic mass is 16.7. The third kappa shape index (κ3) is 3.22. The van der Waals surface area contributed by atoms with Crippen LogP contribution in [0.3, 0.4) is 0 Å². The Morgan fingerprint density at radius 1 is 0.867 bits per heavy atom.